The Morgan fingerprint density at radius 2 is 2.33 bits per heavy atom. The highest BCUT2D eigenvalue weighted by Gasteiger charge is 2.15. The van der Waals surface area contributed by atoms with Gasteiger partial charge in [0.15, 0.2) is 0 Å². The molecular formula is C11H24N2O2. The first kappa shape index (κ1) is 12.9. The first-order chi connectivity index (χ1) is 7.18. The monoisotopic (exact) mass is 216 g/mol. The van der Waals surface area contributed by atoms with E-state index in [0.29, 0.717) is 12.2 Å². The van der Waals surface area contributed by atoms with Gasteiger partial charge in [-0.25, -0.2) is 0 Å². The maximum Gasteiger partial charge on any atom is 0.0826 e. The van der Waals surface area contributed by atoms with Crippen molar-refractivity contribution in [2.75, 3.05) is 46.4 Å². The molecule has 1 N–H and O–H groups in total. The minimum Gasteiger partial charge on any atom is -0.377 e. The lowest BCUT2D eigenvalue weighted by Crippen LogP contribution is -2.45. The SMILES string of the molecule is CC(C)OCCN(C)CC1CNCCO1. The van der Waals surface area contributed by atoms with Crippen molar-refractivity contribution in [3.63, 3.8) is 0 Å². The van der Waals surface area contributed by atoms with Crippen LogP contribution in [0.1, 0.15) is 13.8 Å². The Labute approximate surface area is 92.9 Å². The third-order valence-electron chi connectivity index (χ3n) is 2.44. The van der Waals surface area contributed by atoms with Crippen LogP contribution in [0.3, 0.4) is 0 Å². The first-order valence-electron chi connectivity index (χ1n) is 5.81. The zero-order valence-corrected chi connectivity index (χ0v) is 10.2. The third kappa shape index (κ3) is 6.10. The van der Waals surface area contributed by atoms with E-state index in [4.69, 9.17) is 9.47 Å². The van der Waals surface area contributed by atoms with Crippen LogP contribution in [-0.2, 0) is 9.47 Å². The molecule has 1 aliphatic heterocycles. The van der Waals surface area contributed by atoms with E-state index in [1.807, 2.05) is 0 Å². The molecule has 0 amide bonds. The van der Waals surface area contributed by atoms with E-state index in [1.54, 1.807) is 0 Å². The molecule has 4 heteroatoms. The normalized spacial score (nSPS) is 22.6. The molecule has 1 aliphatic rings. The highest BCUT2D eigenvalue weighted by atomic mass is 16.5. The molecular weight excluding hydrogens is 192 g/mol. The topological polar surface area (TPSA) is 33.7 Å². The predicted molar refractivity (Wildman–Crippen MR) is 61.2 cm³/mol. The Kier molecular flexibility index (Phi) is 6.17. The second kappa shape index (κ2) is 7.17. The summed E-state index contributed by atoms with van der Waals surface area (Å²) in [6.45, 7) is 9.66. The summed E-state index contributed by atoms with van der Waals surface area (Å²) < 4.78 is 11.1. The fourth-order valence-electron chi connectivity index (χ4n) is 1.62. The van der Waals surface area contributed by atoms with E-state index in [0.717, 1.165) is 39.4 Å². The van der Waals surface area contributed by atoms with E-state index in [2.05, 4.69) is 31.1 Å². The van der Waals surface area contributed by atoms with E-state index >= 15 is 0 Å². The highest BCUT2D eigenvalue weighted by Crippen LogP contribution is 1.98. The largest absolute Gasteiger partial charge is 0.377 e. The van der Waals surface area contributed by atoms with Gasteiger partial charge in [-0.1, -0.05) is 0 Å². The number of rotatable bonds is 6. The van der Waals surface area contributed by atoms with Crippen molar-refractivity contribution in [1.29, 1.82) is 0 Å². The maximum absolute atomic E-state index is 5.63. The van der Waals surface area contributed by atoms with Crippen molar-refractivity contribution in [1.82, 2.24) is 10.2 Å². The van der Waals surface area contributed by atoms with Crippen LogP contribution in [-0.4, -0.2) is 63.5 Å². The molecule has 1 saturated heterocycles. The van der Waals surface area contributed by atoms with Gasteiger partial charge < -0.3 is 19.7 Å². The zero-order chi connectivity index (χ0) is 11.1. The van der Waals surface area contributed by atoms with Gasteiger partial charge in [0.1, 0.15) is 0 Å². The maximum atomic E-state index is 5.63. The second-order valence-corrected chi connectivity index (χ2v) is 4.38. The number of hydrogen-bond acceptors (Lipinski definition) is 4. The average molecular weight is 216 g/mol. The lowest BCUT2D eigenvalue weighted by atomic mass is 10.3. The van der Waals surface area contributed by atoms with Crippen LogP contribution in [0.2, 0.25) is 0 Å². The molecule has 0 aliphatic carbocycles. The molecule has 15 heavy (non-hydrogen) atoms. The summed E-state index contributed by atoms with van der Waals surface area (Å²) in [7, 11) is 2.11. The summed E-state index contributed by atoms with van der Waals surface area (Å²) in [5, 5.41) is 3.33. The molecule has 0 aromatic rings. The van der Waals surface area contributed by atoms with E-state index in [9.17, 15) is 0 Å². The Morgan fingerprint density at radius 3 is 2.93 bits per heavy atom. The second-order valence-electron chi connectivity index (χ2n) is 4.38. The Bertz CT molecular complexity index is 159. The molecule has 1 heterocycles. The number of ether oxygens (including phenoxy) is 2. The third-order valence-corrected chi connectivity index (χ3v) is 2.44. The van der Waals surface area contributed by atoms with Crippen LogP contribution >= 0.6 is 0 Å². The summed E-state index contributed by atoms with van der Waals surface area (Å²) in [5.74, 6) is 0. The van der Waals surface area contributed by atoms with E-state index in [-0.39, 0.29) is 0 Å². The molecule has 0 saturated carbocycles. The van der Waals surface area contributed by atoms with Gasteiger partial charge >= 0.3 is 0 Å². The molecule has 0 spiro atoms. The van der Waals surface area contributed by atoms with Gasteiger partial charge in [-0.2, -0.15) is 0 Å². The van der Waals surface area contributed by atoms with Gasteiger partial charge in [-0.3, -0.25) is 0 Å². The predicted octanol–water partition coefficient (Wildman–Crippen LogP) is 0.332. The highest BCUT2D eigenvalue weighted by molar-refractivity contribution is 4.70. The minimum absolute atomic E-state index is 0.325. The number of hydrogen-bond donors (Lipinski definition) is 1. The number of likely N-dealkylation sites (N-methyl/N-ethyl adjacent to an activating group) is 1. The molecule has 1 unspecified atom stereocenters. The fraction of sp³-hybridized carbons (Fsp3) is 1.00. The number of morpholine rings is 1. The zero-order valence-electron chi connectivity index (χ0n) is 10.2. The average Bonchev–Trinajstić information content (AvgIpc) is 2.18. The fourth-order valence-corrected chi connectivity index (χ4v) is 1.62. The van der Waals surface area contributed by atoms with Gasteiger partial charge in [0.05, 0.1) is 25.4 Å². The molecule has 0 aromatic heterocycles. The summed E-state index contributed by atoms with van der Waals surface area (Å²) in [5.41, 5.74) is 0. The molecule has 0 aromatic carbocycles. The molecule has 0 bridgehead atoms. The van der Waals surface area contributed by atoms with Gasteiger partial charge in [0.2, 0.25) is 0 Å². The van der Waals surface area contributed by atoms with Gasteiger partial charge in [0.25, 0.3) is 0 Å². The van der Waals surface area contributed by atoms with Crippen molar-refractivity contribution >= 4 is 0 Å². The Balaban J connectivity index is 2.03. The first-order valence-corrected chi connectivity index (χ1v) is 5.81. The molecule has 1 rings (SSSR count). The van der Waals surface area contributed by atoms with Crippen LogP contribution in [0.4, 0.5) is 0 Å². The molecule has 1 fully saturated rings. The smallest absolute Gasteiger partial charge is 0.0826 e. The van der Waals surface area contributed by atoms with Gasteiger partial charge in [0, 0.05) is 26.2 Å². The van der Waals surface area contributed by atoms with Gasteiger partial charge in [-0.15, -0.1) is 0 Å². The Morgan fingerprint density at radius 1 is 1.53 bits per heavy atom. The van der Waals surface area contributed by atoms with Crippen LogP contribution in [0.5, 0.6) is 0 Å². The summed E-state index contributed by atoms with van der Waals surface area (Å²) in [6.07, 6.45) is 0.661. The molecule has 4 nitrogen and oxygen atoms in total. The van der Waals surface area contributed by atoms with Gasteiger partial charge in [-0.05, 0) is 20.9 Å². The molecule has 0 radical (unpaired) electrons. The van der Waals surface area contributed by atoms with Crippen molar-refractivity contribution in [2.24, 2.45) is 0 Å². The number of nitrogens with one attached hydrogen (secondary N) is 1. The van der Waals surface area contributed by atoms with Crippen molar-refractivity contribution in [3.8, 4) is 0 Å². The van der Waals surface area contributed by atoms with E-state index < -0.39 is 0 Å². The van der Waals surface area contributed by atoms with E-state index in [1.165, 1.54) is 0 Å². The van der Waals surface area contributed by atoms with Crippen molar-refractivity contribution < 1.29 is 9.47 Å². The number of nitrogens with zero attached hydrogens (tertiary/aromatic N) is 1. The minimum atomic E-state index is 0.325. The standard InChI is InChI=1S/C11H24N2O2/c1-10(2)14-7-5-13(3)9-11-8-12-4-6-15-11/h10-12H,4-9H2,1-3H3. The molecule has 90 valence electrons. The lowest BCUT2D eigenvalue weighted by Gasteiger charge is -2.28. The van der Waals surface area contributed by atoms with Crippen LogP contribution in [0.15, 0.2) is 0 Å². The van der Waals surface area contributed by atoms with Crippen LogP contribution in [0, 0.1) is 0 Å². The Hall–Kier alpha value is -0.160. The summed E-state index contributed by atoms with van der Waals surface area (Å²) >= 11 is 0. The van der Waals surface area contributed by atoms with Crippen LogP contribution in [0.25, 0.3) is 0 Å². The van der Waals surface area contributed by atoms with Crippen LogP contribution < -0.4 is 5.32 Å². The summed E-state index contributed by atoms with van der Waals surface area (Å²) in [6, 6.07) is 0. The molecule has 1 atom stereocenters. The summed E-state index contributed by atoms with van der Waals surface area (Å²) in [4.78, 5) is 2.26. The van der Waals surface area contributed by atoms with Crippen molar-refractivity contribution in [2.45, 2.75) is 26.1 Å². The van der Waals surface area contributed by atoms with Crippen molar-refractivity contribution in [3.05, 3.63) is 0 Å². The lowest BCUT2D eigenvalue weighted by molar-refractivity contribution is 0.00137. The quantitative estimate of drug-likeness (QED) is 0.694.